The van der Waals surface area contributed by atoms with E-state index in [1.165, 1.54) is 11.3 Å². The van der Waals surface area contributed by atoms with Crippen LogP contribution in [0, 0.1) is 6.92 Å². The maximum atomic E-state index is 11.6. The first kappa shape index (κ1) is 18.9. The molecule has 3 aromatic rings. The third kappa shape index (κ3) is 4.54. The van der Waals surface area contributed by atoms with E-state index in [0.29, 0.717) is 11.5 Å². The second kappa shape index (κ2) is 8.31. The van der Waals surface area contributed by atoms with Crippen LogP contribution in [0.4, 0.5) is 23.1 Å². The van der Waals surface area contributed by atoms with E-state index < -0.39 is 0 Å². The van der Waals surface area contributed by atoms with Crippen molar-refractivity contribution in [3.63, 3.8) is 0 Å². The van der Waals surface area contributed by atoms with E-state index in [-0.39, 0.29) is 5.78 Å². The average molecular weight is 387 g/mol. The van der Waals surface area contributed by atoms with Crippen molar-refractivity contribution in [3.8, 4) is 0 Å². The number of benzene rings is 2. The summed E-state index contributed by atoms with van der Waals surface area (Å²) in [6.45, 7) is 7.41. The number of nitrogens with zero attached hydrogens (tertiary/aromatic N) is 4. The molecule has 6 nitrogen and oxygen atoms in total. The normalized spacial score (nSPS) is 14.0. The van der Waals surface area contributed by atoms with Gasteiger partial charge in [-0.1, -0.05) is 24.3 Å². The van der Waals surface area contributed by atoms with Crippen molar-refractivity contribution in [1.82, 2.24) is 9.97 Å². The number of anilines is 4. The van der Waals surface area contributed by atoms with Crippen molar-refractivity contribution < 1.29 is 4.79 Å². The summed E-state index contributed by atoms with van der Waals surface area (Å²) in [7, 11) is 0. The Morgan fingerprint density at radius 1 is 0.966 bits per heavy atom. The van der Waals surface area contributed by atoms with Crippen molar-refractivity contribution in [3.05, 3.63) is 71.9 Å². The average Bonchev–Trinajstić information content (AvgIpc) is 2.74. The molecule has 1 aromatic heterocycles. The van der Waals surface area contributed by atoms with E-state index >= 15 is 0 Å². The van der Waals surface area contributed by atoms with Gasteiger partial charge in [-0.05, 0) is 49.7 Å². The van der Waals surface area contributed by atoms with Gasteiger partial charge in [-0.15, -0.1) is 0 Å². The number of carbonyl (C=O) groups excluding carboxylic acids is 1. The van der Waals surface area contributed by atoms with Crippen LogP contribution in [0.5, 0.6) is 0 Å². The third-order valence-electron chi connectivity index (χ3n) is 5.14. The Kier molecular flexibility index (Phi) is 5.42. The maximum Gasteiger partial charge on any atom is 0.229 e. The van der Waals surface area contributed by atoms with Crippen LogP contribution >= 0.6 is 0 Å². The summed E-state index contributed by atoms with van der Waals surface area (Å²) < 4.78 is 0. The minimum absolute atomic E-state index is 0.0369. The fourth-order valence-corrected chi connectivity index (χ4v) is 3.55. The molecular weight excluding hydrogens is 362 g/mol. The number of ketones is 1. The molecule has 2 aromatic carbocycles. The number of nitrogens with one attached hydrogen (secondary N) is 1. The second-order valence-electron chi connectivity index (χ2n) is 7.31. The van der Waals surface area contributed by atoms with Crippen LogP contribution < -0.4 is 15.1 Å². The van der Waals surface area contributed by atoms with Crippen molar-refractivity contribution >= 4 is 28.9 Å². The van der Waals surface area contributed by atoms with E-state index in [4.69, 9.17) is 0 Å². The van der Waals surface area contributed by atoms with Crippen molar-refractivity contribution in [2.45, 2.75) is 13.8 Å². The smallest absolute Gasteiger partial charge is 0.229 e. The van der Waals surface area contributed by atoms with Crippen molar-refractivity contribution in [2.75, 3.05) is 41.3 Å². The molecule has 0 unspecified atom stereocenters. The van der Waals surface area contributed by atoms with Gasteiger partial charge in [-0.3, -0.25) is 4.79 Å². The molecular formula is C23H25N5O. The number of hydrogen-bond acceptors (Lipinski definition) is 6. The van der Waals surface area contributed by atoms with Gasteiger partial charge < -0.3 is 15.1 Å². The fourth-order valence-electron chi connectivity index (χ4n) is 3.55. The van der Waals surface area contributed by atoms with Gasteiger partial charge in [0.2, 0.25) is 5.95 Å². The molecule has 0 saturated carbocycles. The first-order valence-corrected chi connectivity index (χ1v) is 9.86. The summed E-state index contributed by atoms with van der Waals surface area (Å²) in [6, 6.07) is 18.0. The van der Waals surface area contributed by atoms with Gasteiger partial charge in [-0.2, -0.15) is 4.98 Å². The van der Waals surface area contributed by atoms with E-state index in [1.807, 2.05) is 24.3 Å². The molecule has 1 aliphatic rings. The molecule has 148 valence electrons. The summed E-state index contributed by atoms with van der Waals surface area (Å²) in [5.74, 6) is 1.48. The predicted octanol–water partition coefficient (Wildman–Crippen LogP) is 4.06. The lowest BCUT2D eigenvalue weighted by Crippen LogP contribution is -2.46. The first-order valence-electron chi connectivity index (χ1n) is 9.86. The summed E-state index contributed by atoms with van der Waals surface area (Å²) in [5, 5.41) is 3.21. The minimum Gasteiger partial charge on any atom is -0.368 e. The summed E-state index contributed by atoms with van der Waals surface area (Å²) in [6.07, 6.45) is 1.77. The lowest BCUT2D eigenvalue weighted by molar-refractivity contribution is 0.101. The molecule has 6 heteroatoms. The van der Waals surface area contributed by atoms with Crippen LogP contribution in [0.25, 0.3) is 0 Å². The number of aromatic nitrogens is 2. The summed E-state index contributed by atoms with van der Waals surface area (Å²) in [4.78, 5) is 25.3. The molecule has 0 amide bonds. The molecule has 1 N–H and O–H groups in total. The zero-order valence-corrected chi connectivity index (χ0v) is 16.8. The van der Waals surface area contributed by atoms with Crippen LogP contribution in [0.15, 0.2) is 60.8 Å². The molecule has 1 fully saturated rings. The molecule has 0 atom stereocenters. The molecule has 0 bridgehead atoms. The second-order valence-corrected chi connectivity index (χ2v) is 7.31. The Balaban J connectivity index is 1.43. The van der Waals surface area contributed by atoms with Gasteiger partial charge in [0.25, 0.3) is 0 Å². The molecule has 2 heterocycles. The Bertz CT molecular complexity index is 1010. The summed E-state index contributed by atoms with van der Waals surface area (Å²) >= 11 is 0. The molecule has 0 spiro atoms. The fraction of sp³-hybridized carbons (Fsp3) is 0.261. The highest BCUT2D eigenvalue weighted by atomic mass is 16.1. The van der Waals surface area contributed by atoms with Crippen LogP contribution in [0.1, 0.15) is 22.8 Å². The molecule has 0 radical (unpaired) electrons. The van der Waals surface area contributed by atoms with E-state index in [1.54, 1.807) is 19.2 Å². The number of piperazine rings is 1. The standard InChI is InChI=1S/C23H25N5O/c1-17-5-3-8-21(15-17)27-11-13-28(14-12-27)22-9-10-24-23(26-22)25-20-7-4-6-19(16-20)18(2)29/h3-10,15-16H,11-14H2,1-2H3,(H,24,25,26). The van der Waals surface area contributed by atoms with Gasteiger partial charge in [0.15, 0.2) is 5.78 Å². The zero-order chi connectivity index (χ0) is 20.2. The molecule has 29 heavy (non-hydrogen) atoms. The molecule has 1 aliphatic heterocycles. The zero-order valence-electron chi connectivity index (χ0n) is 16.8. The predicted molar refractivity (Wildman–Crippen MR) is 117 cm³/mol. The van der Waals surface area contributed by atoms with Gasteiger partial charge in [0.05, 0.1) is 0 Å². The van der Waals surface area contributed by atoms with Crippen LogP contribution in [-0.4, -0.2) is 41.9 Å². The van der Waals surface area contributed by atoms with E-state index in [2.05, 4.69) is 56.3 Å². The Labute approximate surface area is 171 Å². The highest BCUT2D eigenvalue weighted by Gasteiger charge is 2.19. The van der Waals surface area contributed by atoms with Gasteiger partial charge in [0, 0.05) is 49.3 Å². The third-order valence-corrected chi connectivity index (χ3v) is 5.14. The van der Waals surface area contributed by atoms with Crippen LogP contribution in [0.2, 0.25) is 0 Å². The highest BCUT2D eigenvalue weighted by molar-refractivity contribution is 5.95. The van der Waals surface area contributed by atoms with Gasteiger partial charge in [0.1, 0.15) is 5.82 Å². The Morgan fingerprint density at radius 2 is 1.72 bits per heavy atom. The number of carbonyl (C=O) groups is 1. The van der Waals surface area contributed by atoms with Crippen molar-refractivity contribution in [2.24, 2.45) is 0 Å². The maximum absolute atomic E-state index is 11.6. The topological polar surface area (TPSA) is 61.4 Å². The quantitative estimate of drug-likeness (QED) is 0.666. The van der Waals surface area contributed by atoms with Gasteiger partial charge in [-0.25, -0.2) is 4.98 Å². The van der Waals surface area contributed by atoms with Gasteiger partial charge >= 0.3 is 0 Å². The number of rotatable bonds is 5. The van der Waals surface area contributed by atoms with E-state index in [9.17, 15) is 4.79 Å². The Hall–Kier alpha value is -3.41. The molecule has 1 saturated heterocycles. The highest BCUT2D eigenvalue weighted by Crippen LogP contribution is 2.22. The number of hydrogen-bond donors (Lipinski definition) is 1. The van der Waals surface area contributed by atoms with Crippen molar-refractivity contribution in [1.29, 1.82) is 0 Å². The lowest BCUT2D eigenvalue weighted by Gasteiger charge is -2.36. The van der Waals surface area contributed by atoms with Crippen LogP contribution in [-0.2, 0) is 0 Å². The van der Waals surface area contributed by atoms with E-state index in [0.717, 1.165) is 37.7 Å². The number of Topliss-reactive ketones (excluding diaryl/α,β-unsaturated/α-hetero) is 1. The summed E-state index contributed by atoms with van der Waals surface area (Å²) in [5.41, 5.74) is 4.03. The van der Waals surface area contributed by atoms with Crippen LogP contribution in [0.3, 0.4) is 0 Å². The molecule has 4 rings (SSSR count). The first-order chi connectivity index (χ1) is 14.1. The Morgan fingerprint density at radius 3 is 2.48 bits per heavy atom. The largest absolute Gasteiger partial charge is 0.368 e. The monoisotopic (exact) mass is 387 g/mol. The number of aryl methyl sites for hydroxylation is 1. The lowest BCUT2D eigenvalue weighted by atomic mass is 10.1. The SMILES string of the molecule is CC(=O)c1cccc(Nc2nccc(N3CCN(c4cccc(C)c4)CC3)n2)c1. The minimum atomic E-state index is 0.0369. The molecule has 0 aliphatic carbocycles.